The first-order chi connectivity index (χ1) is 19.2. The van der Waals surface area contributed by atoms with Crippen LogP contribution < -0.4 is 16.4 Å². The summed E-state index contributed by atoms with van der Waals surface area (Å²) in [7, 11) is 0. The summed E-state index contributed by atoms with van der Waals surface area (Å²) in [5.74, 6) is -1.10. The monoisotopic (exact) mass is 551 g/mol. The highest BCUT2D eigenvalue weighted by molar-refractivity contribution is 6.38. The molecule has 1 unspecified atom stereocenters. The van der Waals surface area contributed by atoms with Gasteiger partial charge in [-0.2, -0.15) is 0 Å². The number of carbonyl (C=O) groups excluding carboxylic acids is 1. The molecule has 1 amide bonds. The van der Waals surface area contributed by atoms with Gasteiger partial charge in [0.2, 0.25) is 0 Å². The number of carbonyl (C=O) groups is 2. The van der Waals surface area contributed by atoms with E-state index in [2.05, 4.69) is 22.8 Å². The molecule has 0 aromatic heterocycles. The van der Waals surface area contributed by atoms with Crippen LogP contribution in [0.5, 0.6) is 0 Å². The van der Waals surface area contributed by atoms with Crippen molar-refractivity contribution in [3.8, 4) is 0 Å². The number of anilines is 2. The van der Waals surface area contributed by atoms with Gasteiger partial charge in [-0.15, -0.1) is 0 Å². The van der Waals surface area contributed by atoms with E-state index in [1.54, 1.807) is 12.1 Å². The van der Waals surface area contributed by atoms with E-state index in [4.69, 9.17) is 22.4 Å². The maximum Gasteiger partial charge on any atom is 0.303 e. The Hall–Kier alpha value is -4.39. The molecule has 6 nitrogen and oxygen atoms in total. The largest absolute Gasteiger partial charge is 0.481 e. The van der Waals surface area contributed by atoms with E-state index < -0.39 is 11.5 Å². The molecule has 1 heterocycles. The number of hydrogen-bond donors (Lipinski definition) is 4. The average Bonchev–Trinajstić information content (AvgIpc) is 3.25. The molecule has 0 fully saturated rings. The van der Waals surface area contributed by atoms with E-state index >= 15 is 0 Å². The van der Waals surface area contributed by atoms with Gasteiger partial charge in [-0.25, -0.2) is 0 Å². The molecule has 4 aromatic carbocycles. The van der Waals surface area contributed by atoms with E-state index in [1.807, 2.05) is 79.7 Å². The topological polar surface area (TPSA) is 104 Å². The Balaban J connectivity index is 1.51. The maximum absolute atomic E-state index is 13.3. The molecule has 0 bridgehead atoms. The third-order valence-corrected chi connectivity index (χ3v) is 7.28. The average molecular weight is 552 g/mol. The number of carboxylic acid groups (broad SMARTS) is 1. The molecule has 1 atom stereocenters. The van der Waals surface area contributed by atoms with Crippen LogP contribution in [-0.4, -0.2) is 17.0 Å². The summed E-state index contributed by atoms with van der Waals surface area (Å²) in [4.78, 5) is 24.4. The van der Waals surface area contributed by atoms with E-state index in [0.29, 0.717) is 34.8 Å². The third kappa shape index (κ3) is 6.09. The molecule has 202 valence electrons. The zero-order valence-corrected chi connectivity index (χ0v) is 22.8. The number of rotatable bonds is 9. The molecule has 0 saturated heterocycles. The lowest BCUT2D eigenvalue weighted by atomic mass is 9.86. The van der Waals surface area contributed by atoms with Crippen LogP contribution in [0.1, 0.15) is 41.2 Å². The van der Waals surface area contributed by atoms with Gasteiger partial charge in [0.15, 0.2) is 0 Å². The minimum Gasteiger partial charge on any atom is -0.481 e. The Bertz CT molecular complexity index is 1600. The van der Waals surface area contributed by atoms with Crippen molar-refractivity contribution in [2.24, 2.45) is 5.73 Å². The second kappa shape index (κ2) is 11.4. The van der Waals surface area contributed by atoms with Gasteiger partial charge in [0.1, 0.15) is 0 Å². The molecular formula is C33H30ClN3O3. The van der Waals surface area contributed by atoms with Crippen molar-refractivity contribution in [3.63, 3.8) is 0 Å². The quantitative estimate of drug-likeness (QED) is 0.173. The van der Waals surface area contributed by atoms with Crippen molar-refractivity contribution in [3.05, 3.63) is 130 Å². The summed E-state index contributed by atoms with van der Waals surface area (Å²) in [6, 6.07) is 31.0. The number of nitrogens with one attached hydrogen (secondary N) is 2. The summed E-state index contributed by atoms with van der Waals surface area (Å²) in [5.41, 5.74) is 13.2. The summed E-state index contributed by atoms with van der Waals surface area (Å²) < 4.78 is 0. The summed E-state index contributed by atoms with van der Waals surface area (Å²) in [5, 5.41) is 16.1. The molecule has 0 aliphatic carbocycles. The number of amides is 1. The van der Waals surface area contributed by atoms with Crippen LogP contribution in [0.15, 0.2) is 97.1 Å². The zero-order chi connectivity index (χ0) is 28.3. The number of nitrogens with two attached hydrogens (primary N) is 1. The number of hydrogen-bond acceptors (Lipinski definition) is 4. The molecule has 0 spiro atoms. The van der Waals surface area contributed by atoms with Crippen molar-refractivity contribution >= 4 is 46.1 Å². The van der Waals surface area contributed by atoms with Crippen LogP contribution in [0.25, 0.3) is 11.3 Å². The van der Waals surface area contributed by atoms with Gasteiger partial charge in [0.05, 0.1) is 17.0 Å². The first kappa shape index (κ1) is 27.2. The predicted octanol–water partition coefficient (Wildman–Crippen LogP) is 6.71. The first-order valence-electron chi connectivity index (χ1n) is 13.1. The van der Waals surface area contributed by atoms with Crippen molar-refractivity contribution < 1.29 is 14.7 Å². The molecule has 5 rings (SSSR count). The summed E-state index contributed by atoms with van der Waals surface area (Å²) in [6.07, 6.45) is 1.10. The highest BCUT2D eigenvalue weighted by atomic mass is 35.5. The van der Waals surface area contributed by atoms with Crippen molar-refractivity contribution in [1.82, 2.24) is 0 Å². The Morgan fingerprint density at radius 1 is 0.950 bits per heavy atom. The van der Waals surface area contributed by atoms with E-state index in [0.717, 1.165) is 33.5 Å². The van der Waals surface area contributed by atoms with Crippen LogP contribution in [0.4, 0.5) is 11.4 Å². The van der Waals surface area contributed by atoms with Gasteiger partial charge >= 0.3 is 5.97 Å². The van der Waals surface area contributed by atoms with Crippen LogP contribution in [0, 0.1) is 0 Å². The minimum absolute atomic E-state index is 0.0207. The number of benzene rings is 4. The molecule has 0 saturated carbocycles. The number of carboxylic acids is 1. The summed E-state index contributed by atoms with van der Waals surface area (Å²) >= 11 is 6.19. The Labute approximate surface area is 238 Å². The van der Waals surface area contributed by atoms with Crippen LogP contribution in [0.3, 0.4) is 0 Å². The molecule has 4 aromatic rings. The van der Waals surface area contributed by atoms with Gasteiger partial charge in [0, 0.05) is 28.2 Å². The van der Waals surface area contributed by atoms with E-state index in [-0.39, 0.29) is 12.3 Å². The smallest absolute Gasteiger partial charge is 0.303 e. The van der Waals surface area contributed by atoms with E-state index in [1.165, 1.54) is 0 Å². The highest BCUT2D eigenvalue weighted by Gasteiger charge is 2.29. The standard InChI is InChI=1S/C33H30ClN3O3/c1-33(35,20-22-6-3-2-4-7-22)24-11-14-26(15-12-24)36-31(23-9-5-8-21(18-23)10-17-29(38)39)30-27-16-13-25(34)19-28(27)37-32(30)40/h2-9,11-16,18-19,36H,10,17,20,35H2,1H3,(H,37,40)(H,38,39)/b31-30-. The maximum atomic E-state index is 13.3. The number of aliphatic carboxylic acids is 1. The van der Waals surface area contributed by atoms with Gasteiger partial charge in [-0.1, -0.05) is 78.3 Å². The number of halogens is 1. The van der Waals surface area contributed by atoms with Gasteiger partial charge in [0.25, 0.3) is 5.91 Å². The van der Waals surface area contributed by atoms with Crippen molar-refractivity contribution in [2.75, 3.05) is 10.6 Å². The Morgan fingerprint density at radius 2 is 1.68 bits per heavy atom. The Kier molecular flexibility index (Phi) is 7.74. The van der Waals surface area contributed by atoms with Crippen LogP contribution in [-0.2, 0) is 28.0 Å². The fourth-order valence-corrected chi connectivity index (χ4v) is 5.18. The van der Waals surface area contributed by atoms with Crippen LogP contribution in [0.2, 0.25) is 5.02 Å². The second-order valence-corrected chi connectivity index (χ2v) is 10.7. The molecule has 0 radical (unpaired) electrons. The van der Waals surface area contributed by atoms with Gasteiger partial charge < -0.3 is 21.5 Å². The van der Waals surface area contributed by atoms with Gasteiger partial charge in [-0.3, -0.25) is 9.59 Å². The predicted molar refractivity (Wildman–Crippen MR) is 161 cm³/mol. The lowest BCUT2D eigenvalue weighted by Gasteiger charge is -2.26. The normalized spacial score (nSPS) is 15.1. The number of aryl methyl sites for hydroxylation is 1. The lowest BCUT2D eigenvalue weighted by Crippen LogP contribution is -2.35. The fraction of sp³-hybridized carbons (Fsp3) is 0.152. The minimum atomic E-state index is -0.859. The lowest BCUT2D eigenvalue weighted by molar-refractivity contribution is -0.137. The molecule has 1 aliphatic rings. The molecule has 7 heteroatoms. The van der Waals surface area contributed by atoms with Crippen molar-refractivity contribution in [1.29, 1.82) is 0 Å². The van der Waals surface area contributed by atoms with E-state index in [9.17, 15) is 9.59 Å². The highest BCUT2D eigenvalue weighted by Crippen LogP contribution is 2.39. The van der Waals surface area contributed by atoms with Crippen molar-refractivity contribution in [2.45, 2.75) is 31.7 Å². The SMILES string of the molecule is CC(N)(Cc1ccccc1)c1ccc(N/C(=C2\C(=O)Nc3cc(Cl)ccc32)c2cccc(CCC(=O)O)c2)cc1. The molecule has 5 N–H and O–H groups in total. The molecule has 1 aliphatic heterocycles. The first-order valence-corrected chi connectivity index (χ1v) is 13.4. The Morgan fingerprint density at radius 3 is 2.40 bits per heavy atom. The third-order valence-electron chi connectivity index (χ3n) is 7.05. The zero-order valence-electron chi connectivity index (χ0n) is 22.1. The molecular weight excluding hydrogens is 522 g/mol. The number of fused-ring (bicyclic) bond motifs is 1. The second-order valence-electron chi connectivity index (χ2n) is 10.3. The summed E-state index contributed by atoms with van der Waals surface area (Å²) in [6.45, 7) is 2.02. The molecule has 40 heavy (non-hydrogen) atoms. The van der Waals surface area contributed by atoms with Crippen LogP contribution >= 0.6 is 11.6 Å². The fourth-order valence-electron chi connectivity index (χ4n) is 5.01. The van der Waals surface area contributed by atoms with Gasteiger partial charge in [-0.05, 0) is 72.4 Å².